The summed E-state index contributed by atoms with van der Waals surface area (Å²) in [4.78, 5) is 0. The first kappa shape index (κ1) is 17.6. The molecule has 0 aliphatic carbocycles. The maximum absolute atomic E-state index is 5.66. The number of aromatic nitrogens is 4. The largest absolute Gasteiger partial charge is 0.493 e. The molecular formula is C15H23N5O2S. The lowest BCUT2D eigenvalue weighted by molar-refractivity contribution is 0.294. The molecule has 0 atom stereocenters. The van der Waals surface area contributed by atoms with Crippen LogP contribution in [0.2, 0.25) is 0 Å². The molecule has 1 aromatic heterocycles. The van der Waals surface area contributed by atoms with Gasteiger partial charge in [-0.2, -0.15) is 0 Å². The van der Waals surface area contributed by atoms with E-state index in [-0.39, 0.29) is 0 Å². The summed E-state index contributed by atoms with van der Waals surface area (Å²) >= 11 is 1.63. The molecule has 0 bridgehead atoms. The van der Waals surface area contributed by atoms with Gasteiger partial charge in [-0.1, -0.05) is 24.8 Å². The van der Waals surface area contributed by atoms with E-state index in [1.165, 1.54) is 0 Å². The second-order valence-electron chi connectivity index (χ2n) is 4.94. The van der Waals surface area contributed by atoms with Crippen LogP contribution < -0.4 is 14.8 Å². The summed E-state index contributed by atoms with van der Waals surface area (Å²) < 4.78 is 12.7. The van der Waals surface area contributed by atoms with Crippen LogP contribution in [0, 0.1) is 0 Å². The zero-order chi connectivity index (χ0) is 16.5. The van der Waals surface area contributed by atoms with Crippen molar-refractivity contribution in [3.63, 3.8) is 0 Å². The minimum absolute atomic E-state index is 0.697. The van der Waals surface area contributed by atoms with Crippen molar-refractivity contribution in [2.24, 2.45) is 7.05 Å². The number of ether oxygens (including phenoxy) is 2. The first-order valence-corrected chi connectivity index (χ1v) is 8.58. The second kappa shape index (κ2) is 9.36. The molecule has 0 radical (unpaired) electrons. The van der Waals surface area contributed by atoms with Crippen molar-refractivity contribution < 1.29 is 9.47 Å². The number of tetrazole rings is 1. The smallest absolute Gasteiger partial charge is 0.209 e. The monoisotopic (exact) mass is 337 g/mol. The highest BCUT2D eigenvalue weighted by Crippen LogP contribution is 2.28. The van der Waals surface area contributed by atoms with E-state index in [4.69, 9.17) is 9.47 Å². The number of aryl methyl sites for hydroxylation is 1. The van der Waals surface area contributed by atoms with Gasteiger partial charge < -0.3 is 14.8 Å². The van der Waals surface area contributed by atoms with Gasteiger partial charge in [-0.05, 0) is 34.5 Å². The quantitative estimate of drug-likeness (QED) is 0.524. The molecule has 0 fully saturated rings. The molecule has 2 rings (SSSR count). The number of benzene rings is 1. The Morgan fingerprint density at radius 1 is 1.30 bits per heavy atom. The molecule has 0 saturated heterocycles. The number of methoxy groups -OCH3 is 1. The van der Waals surface area contributed by atoms with Crippen LogP contribution in [0.1, 0.15) is 18.9 Å². The van der Waals surface area contributed by atoms with E-state index in [2.05, 4.69) is 33.8 Å². The normalized spacial score (nSPS) is 10.7. The molecule has 8 heteroatoms. The fourth-order valence-corrected chi connectivity index (χ4v) is 2.69. The Bertz CT molecular complexity index is 605. The van der Waals surface area contributed by atoms with Gasteiger partial charge in [0, 0.05) is 25.9 Å². The lowest BCUT2D eigenvalue weighted by Crippen LogP contribution is -2.16. The molecular weight excluding hydrogens is 314 g/mol. The van der Waals surface area contributed by atoms with Gasteiger partial charge in [-0.3, -0.25) is 0 Å². The SMILES string of the molecule is CCCOc1ccc(CNCCSc2nnnn2C)cc1OC. The number of hydrogen-bond acceptors (Lipinski definition) is 7. The molecule has 1 heterocycles. The van der Waals surface area contributed by atoms with Crippen molar-refractivity contribution in [2.75, 3.05) is 26.0 Å². The third-order valence-corrected chi connectivity index (χ3v) is 4.12. The van der Waals surface area contributed by atoms with Crippen molar-refractivity contribution in [3.05, 3.63) is 23.8 Å². The molecule has 0 unspecified atom stereocenters. The van der Waals surface area contributed by atoms with Gasteiger partial charge in [-0.25, -0.2) is 4.68 Å². The van der Waals surface area contributed by atoms with Crippen LogP contribution in [-0.2, 0) is 13.6 Å². The predicted octanol–water partition coefficient (Wildman–Crippen LogP) is 1.89. The van der Waals surface area contributed by atoms with Crippen LogP contribution >= 0.6 is 11.8 Å². The van der Waals surface area contributed by atoms with Crippen molar-refractivity contribution in [3.8, 4) is 11.5 Å². The third-order valence-electron chi connectivity index (χ3n) is 3.11. The van der Waals surface area contributed by atoms with Crippen molar-refractivity contribution in [1.29, 1.82) is 0 Å². The molecule has 0 amide bonds. The number of thioether (sulfide) groups is 1. The van der Waals surface area contributed by atoms with E-state index in [1.807, 2.05) is 19.2 Å². The van der Waals surface area contributed by atoms with Gasteiger partial charge in [0.25, 0.3) is 0 Å². The third kappa shape index (κ3) is 5.40. The highest BCUT2D eigenvalue weighted by atomic mass is 32.2. The van der Waals surface area contributed by atoms with Gasteiger partial charge in [0.05, 0.1) is 13.7 Å². The van der Waals surface area contributed by atoms with E-state index in [1.54, 1.807) is 23.6 Å². The average molecular weight is 337 g/mol. The summed E-state index contributed by atoms with van der Waals surface area (Å²) in [6.45, 7) is 4.43. The lowest BCUT2D eigenvalue weighted by atomic mass is 10.2. The Labute approximate surface area is 140 Å². The minimum Gasteiger partial charge on any atom is -0.493 e. The number of nitrogens with one attached hydrogen (secondary N) is 1. The average Bonchev–Trinajstić information content (AvgIpc) is 2.98. The summed E-state index contributed by atoms with van der Waals surface area (Å²) in [7, 11) is 3.50. The van der Waals surface area contributed by atoms with Crippen LogP contribution in [0.5, 0.6) is 11.5 Å². The molecule has 7 nitrogen and oxygen atoms in total. The standard InChI is InChI=1S/C15H23N5O2S/c1-4-8-22-13-6-5-12(10-14(13)21-3)11-16-7-9-23-15-17-18-19-20(15)2/h5-6,10,16H,4,7-9,11H2,1-3H3. The van der Waals surface area contributed by atoms with Gasteiger partial charge in [0.1, 0.15) is 0 Å². The molecule has 0 spiro atoms. The Hall–Kier alpha value is -1.80. The van der Waals surface area contributed by atoms with Crippen LogP contribution in [0.4, 0.5) is 0 Å². The van der Waals surface area contributed by atoms with Crippen molar-refractivity contribution in [2.45, 2.75) is 25.0 Å². The number of rotatable bonds is 10. The summed E-state index contributed by atoms with van der Waals surface area (Å²) in [5.41, 5.74) is 1.16. The molecule has 1 N–H and O–H groups in total. The number of hydrogen-bond donors (Lipinski definition) is 1. The Kier molecular flexibility index (Phi) is 7.15. The molecule has 0 saturated carbocycles. The first-order chi connectivity index (χ1) is 11.2. The summed E-state index contributed by atoms with van der Waals surface area (Å²) in [5, 5.41) is 15.6. The molecule has 23 heavy (non-hydrogen) atoms. The summed E-state index contributed by atoms with van der Waals surface area (Å²) in [6.07, 6.45) is 0.977. The molecule has 1 aromatic carbocycles. The maximum atomic E-state index is 5.66. The molecule has 0 aliphatic rings. The Morgan fingerprint density at radius 3 is 2.87 bits per heavy atom. The van der Waals surface area contributed by atoms with Gasteiger partial charge >= 0.3 is 0 Å². The van der Waals surface area contributed by atoms with Gasteiger partial charge in [0.15, 0.2) is 11.5 Å². The van der Waals surface area contributed by atoms with E-state index in [9.17, 15) is 0 Å². The summed E-state index contributed by atoms with van der Waals surface area (Å²) in [6, 6.07) is 6.03. The van der Waals surface area contributed by atoms with E-state index in [0.29, 0.717) is 6.61 Å². The van der Waals surface area contributed by atoms with Crippen molar-refractivity contribution >= 4 is 11.8 Å². The maximum Gasteiger partial charge on any atom is 0.209 e. The minimum atomic E-state index is 0.697. The lowest BCUT2D eigenvalue weighted by Gasteiger charge is -2.12. The molecule has 126 valence electrons. The van der Waals surface area contributed by atoms with Crippen LogP contribution in [0.25, 0.3) is 0 Å². The predicted molar refractivity (Wildman–Crippen MR) is 90.0 cm³/mol. The Morgan fingerprint density at radius 2 is 2.17 bits per heavy atom. The fourth-order valence-electron chi connectivity index (χ4n) is 1.94. The highest BCUT2D eigenvalue weighted by molar-refractivity contribution is 7.99. The van der Waals surface area contributed by atoms with Crippen LogP contribution in [0.15, 0.2) is 23.4 Å². The Balaban J connectivity index is 1.75. The van der Waals surface area contributed by atoms with Crippen LogP contribution in [-0.4, -0.2) is 46.2 Å². The second-order valence-corrected chi connectivity index (χ2v) is 6.01. The number of nitrogens with zero attached hydrogens (tertiary/aromatic N) is 4. The van der Waals surface area contributed by atoms with E-state index in [0.717, 1.165) is 47.5 Å². The van der Waals surface area contributed by atoms with Gasteiger partial charge in [-0.15, -0.1) is 5.10 Å². The van der Waals surface area contributed by atoms with Gasteiger partial charge in [0.2, 0.25) is 5.16 Å². The summed E-state index contributed by atoms with van der Waals surface area (Å²) in [5.74, 6) is 2.48. The molecule has 2 aromatic rings. The van der Waals surface area contributed by atoms with Crippen molar-refractivity contribution in [1.82, 2.24) is 25.5 Å². The topological polar surface area (TPSA) is 74.1 Å². The molecule has 0 aliphatic heterocycles. The zero-order valence-corrected chi connectivity index (χ0v) is 14.6. The highest BCUT2D eigenvalue weighted by Gasteiger charge is 2.06. The van der Waals surface area contributed by atoms with E-state index < -0.39 is 0 Å². The van der Waals surface area contributed by atoms with E-state index >= 15 is 0 Å². The fraction of sp³-hybridized carbons (Fsp3) is 0.533. The van der Waals surface area contributed by atoms with Crippen LogP contribution in [0.3, 0.4) is 0 Å². The zero-order valence-electron chi connectivity index (χ0n) is 13.8. The first-order valence-electron chi connectivity index (χ1n) is 7.60.